The molecule has 2 heteroatoms. The van der Waals surface area contributed by atoms with E-state index in [0.29, 0.717) is 0 Å². The molecule has 2 nitrogen and oxygen atoms in total. The van der Waals surface area contributed by atoms with Crippen LogP contribution in [-0.2, 0) is 5.60 Å². The minimum atomic E-state index is -1.19. The molecule has 0 saturated heterocycles. The highest BCUT2D eigenvalue weighted by atomic mass is 16.3. The second-order valence-corrected chi connectivity index (χ2v) is 5.19. The molecule has 2 atom stereocenters. The highest BCUT2D eigenvalue weighted by Gasteiger charge is 2.22. The summed E-state index contributed by atoms with van der Waals surface area (Å²) in [6.07, 6.45) is 0. The van der Waals surface area contributed by atoms with Crippen molar-refractivity contribution in [2.24, 2.45) is 0 Å². The first-order chi connectivity index (χ1) is 9.04. The molecule has 2 rings (SSSR count). The van der Waals surface area contributed by atoms with Crippen LogP contribution in [-0.4, -0.2) is 16.8 Å². The van der Waals surface area contributed by atoms with Crippen molar-refractivity contribution in [2.75, 3.05) is 6.61 Å². The van der Waals surface area contributed by atoms with Crippen LogP contribution < -0.4 is 0 Å². The molecule has 0 amide bonds. The van der Waals surface area contributed by atoms with E-state index in [4.69, 9.17) is 0 Å². The average molecular weight is 256 g/mol. The van der Waals surface area contributed by atoms with E-state index in [1.807, 2.05) is 36.4 Å². The lowest BCUT2D eigenvalue weighted by Crippen LogP contribution is -2.25. The van der Waals surface area contributed by atoms with Gasteiger partial charge in [0.2, 0.25) is 0 Å². The van der Waals surface area contributed by atoms with Gasteiger partial charge in [-0.25, -0.2) is 0 Å². The predicted molar refractivity (Wildman–Crippen MR) is 77.1 cm³/mol. The lowest BCUT2D eigenvalue weighted by molar-refractivity contribution is -0.00234. The van der Waals surface area contributed by atoms with Crippen LogP contribution >= 0.6 is 0 Å². The third-order valence-corrected chi connectivity index (χ3v) is 3.62. The second kappa shape index (κ2) is 5.55. The van der Waals surface area contributed by atoms with Crippen LogP contribution in [0.3, 0.4) is 0 Å². The summed E-state index contributed by atoms with van der Waals surface area (Å²) in [5.41, 5.74) is 1.93. The molecule has 0 aliphatic rings. The molecule has 0 saturated carbocycles. The Bertz CT molecular complexity index is 532. The molecule has 0 radical (unpaired) electrons. The Hall–Kier alpha value is -1.64. The molecule has 0 heterocycles. The summed E-state index contributed by atoms with van der Waals surface area (Å²) in [5.74, 6) is 0.260. The third kappa shape index (κ3) is 3.03. The summed E-state index contributed by atoms with van der Waals surface area (Å²) in [6, 6.07) is 18.0. The van der Waals surface area contributed by atoms with Crippen molar-refractivity contribution >= 4 is 0 Å². The molecule has 2 N–H and O–H groups in total. The molecule has 100 valence electrons. The van der Waals surface area contributed by atoms with Crippen LogP contribution in [0.15, 0.2) is 54.6 Å². The van der Waals surface area contributed by atoms with Crippen LogP contribution in [0.2, 0.25) is 0 Å². The zero-order chi connectivity index (χ0) is 13.9. The van der Waals surface area contributed by atoms with E-state index in [1.165, 1.54) is 5.56 Å². The van der Waals surface area contributed by atoms with Gasteiger partial charge in [0.25, 0.3) is 0 Å². The van der Waals surface area contributed by atoms with E-state index in [9.17, 15) is 10.2 Å². The number of aliphatic hydroxyl groups excluding tert-OH is 1. The van der Waals surface area contributed by atoms with Gasteiger partial charge < -0.3 is 10.2 Å². The molecule has 0 bridgehead atoms. The largest absolute Gasteiger partial charge is 0.393 e. The summed E-state index contributed by atoms with van der Waals surface area (Å²) < 4.78 is 0. The van der Waals surface area contributed by atoms with Crippen molar-refractivity contribution < 1.29 is 10.2 Å². The Morgan fingerprint density at radius 3 is 2.26 bits per heavy atom. The fourth-order valence-corrected chi connectivity index (χ4v) is 2.17. The monoisotopic (exact) mass is 256 g/mol. The maximum atomic E-state index is 10.1. The minimum Gasteiger partial charge on any atom is -0.393 e. The standard InChI is InChI=1S/C17H20O2/c1-13(14-7-4-3-5-8-14)15-9-6-10-16(11-15)17(2,19)12-18/h3-11,13,18-19H,12H2,1-2H3. The maximum absolute atomic E-state index is 10.1. The van der Waals surface area contributed by atoms with E-state index < -0.39 is 5.60 Å². The van der Waals surface area contributed by atoms with Gasteiger partial charge in [-0.2, -0.15) is 0 Å². The Kier molecular flexibility index (Phi) is 4.03. The summed E-state index contributed by atoms with van der Waals surface area (Å²) in [4.78, 5) is 0. The van der Waals surface area contributed by atoms with Crippen LogP contribution in [0.4, 0.5) is 0 Å². The fraction of sp³-hybridized carbons (Fsp3) is 0.294. The van der Waals surface area contributed by atoms with Gasteiger partial charge in [0.05, 0.1) is 6.61 Å². The molecule has 19 heavy (non-hydrogen) atoms. The Balaban J connectivity index is 2.34. The molecule has 2 aromatic rings. The fourth-order valence-electron chi connectivity index (χ4n) is 2.17. The zero-order valence-electron chi connectivity index (χ0n) is 11.4. The molecule has 0 aliphatic carbocycles. The van der Waals surface area contributed by atoms with Crippen LogP contribution in [0.25, 0.3) is 0 Å². The number of aliphatic hydroxyl groups is 2. The molecular weight excluding hydrogens is 236 g/mol. The summed E-state index contributed by atoms with van der Waals surface area (Å²) in [5, 5.41) is 19.4. The van der Waals surface area contributed by atoms with Crippen molar-refractivity contribution in [1.82, 2.24) is 0 Å². The Morgan fingerprint density at radius 1 is 1.00 bits per heavy atom. The zero-order valence-corrected chi connectivity index (χ0v) is 11.4. The second-order valence-electron chi connectivity index (χ2n) is 5.19. The Morgan fingerprint density at radius 2 is 1.63 bits per heavy atom. The van der Waals surface area contributed by atoms with Crippen molar-refractivity contribution in [3.05, 3.63) is 71.3 Å². The summed E-state index contributed by atoms with van der Waals surface area (Å²) in [6.45, 7) is 3.48. The van der Waals surface area contributed by atoms with Gasteiger partial charge in [-0.3, -0.25) is 0 Å². The lowest BCUT2D eigenvalue weighted by atomic mass is 9.88. The quantitative estimate of drug-likeness (QED) is 0.882. The first-order valence-corrected chi connectivity index (χ1v) is 6.53. The van der Waals surface area contributed by atoms with Crippen LogP contribution in [0.1, 0.15) is 36.5 Å². The van der Waals surface area contributed by atoms with Crippen molar-refractivity contribution in [3.8, 4) is 0 Å². The van der Waals surface area contributed by atoms with Gasteiger partial charge >= 0.3 is 0 Å². The van der Waals surface area contributed by atoms with E-state index in [1.54, 1.807) is 6.92 Å². The molecule has 0 aromatic heterocycles. The normalized spacial score (nSPS) is 15.8. The molecule has 2 unspecified atom stereocenters. The van der Waals surface area contributed by atoms with E-state index >= 15 is 0 Å². The smallest absolute Gasteiger partial charge is 0.110 e. The van der Waals surface area contributed by atoms with Gasteiger partial charge in [-0.1, -0.05) is 61.5 Å². The third-order valence-electron chi connectivity index (χ3n) is 3.62. The Labute approximate surface area is 114 Å². The van der Waals surface area contributed by atoms with Crippen molar-refractivity contribution in [1.29, 1.82) is 0 Å². The first kappa shape index (κ1) is 13.8. The first-order valence-electron chi connectivity index (χ1n) is 6.53. The average Bonchev–Trinajstić information content (AvgIpc) is 2.47. The molecule has 2 aromatic carbocycles. The van der Waals surface area contributed by atoms with E-state index in [0.717, 1.165) is 11.1 Å². The molecule has 0 fully saturated rings. The van der Waals surface area contributed by atoms with Gasteiger partial charge in [-0.05, 0) is 23.6 Å². The van der Waals surface area contributed by atoms with Gasteiger partial charge in [0, 0.05) is 5.92 Å². The topological polar surface area (TPSA) is 40.5 Å². The van der Waals surface area contributed by atoms with Crippen molar-refractivity contribution in [2.45, 2.75) is 25.4 Å². The predicted octanol–water partition coefficient (Wildman–Crippen LogP) is 3.04. The lowest BCUT2D eigenvalue weighted by Gasteiger charge is -2.22. The van der Waals surface area contributed by atoms with Crippen molar-refractivity contribution in [3.63, 3.8) is 0 Å². The minimum absolute atomic E-state index is 0.260. The molecule has 0 aliphatic heterocycles. The number of benzene rings is 2. The maximum Gasteiger partial charge on any atom is 0.110 e. The van der Waals surface area contributed by atoms with Crippen LogP contribution in [0.5, 0.6) is 0 Å². The summed E-state index contributed by atoms with van der Waals surface area (Å²) in [7, 11) is 0. The number of hydrogen-bond acceptors (Lipinski definition) is 2. The van der Waals surface area contributed by atoms with E-state index in [-0.39, 0.29) is 12.5 Å². The van der Waals surface area contributed by atoms with Crippen LogP contribution in [0, 0.1) is 0 Å². The highest BCUT2D eigenvalue weighted by Crippen LogP contribution is 2.28. The molecule has 0 spiro atoms. The van der Waals surface area contributed by atoms with E-state index in [2.05, 4.69) is 25.1 Å². The van der Waals surface area contributed by atoms with Gasteiger partial charge in [0.1, 0.15) is 5.60 Å². The van der Waals surface area contributed by atoms with Gasteiger partial charge in [-0.15, -0.1) is 0 Å². The SMILES string of the molecule is CC(c1ccccc1)c1cccc(C(C)(O)CO)c1. The number of hydrogen-bond donors (Lipinski definition) is 2. The number of rotatable bonds is 4. The summed E-state index contributed by atoms with van der Waals surface area (Å²) >= 11 is 0. The van der Waals surface area contributed by atoms with Gasteiger partial charge in [0.15, 0.2) is 0 Å². The highest BCUT2D eigenvalue weighted by molar-refractivity contribution is 5.35. The molecular formula is C17H20O2.